The van der Waals surface area contributed by atoms with Gasteiger partial charge in [-0.15, -0.1) is 0 Å². The van der Waals surface area contributed by atoms with Crippen LogP contribution in [0.2, 0.25) is 0 Å². The second-order valence-electron chi connectivity index (χ2n) is 6.70. The molecule has 0 spiro atoms. The Morgan fingerprint density at radius 2 is 1.92 bits per heavy atom. The maximum Gasteiger partial charge on any atom is 0.293 e. The molecule has 1 aliphatic heterocycles. The summed E-state index contributed by atoms with van der Waals surface area (Å²) in [5.74, 6) is 0.491. The van der Waals surface area contributed by atoms with Gasteiger partial charge in [0.1, 0.15) is 5.75 Å². The van der Waals surface area contributed by atoms with Gasteiger partial charge in [-0.05, 0) is 66.8 Å². The molecule has 1 N–H and O–H groups in total. The van der Waals surface area contributed by atoms with Gasteiger partial charge in [0.15, 0.2) is 0 Å². The highest BCUT2D eigenvalue weighted by molar-refractivity contribution is 8.18. The van der Waals surface area contributed by atoms with Crippen LogP contribution in [0.3, 0.4) is 0 Å². The fraction of sp³-hybridized carbons (Fsp3) is 0.474. The third-order valence-electron chi connectivity index (χ3n) is 4.81. The van der Waals surface area contributed by atoms with Gasteiger partial charge < -0.3 is 5.11 Å². The average Bonchev–Trinajstić information content (AvgIpc) is 2.75. The van der Waals surface area contributed by atoms with Gasteiger partial charge in [0.05, 0.1) is 4.91 Å². The first-order valence-corrected chi connectivity index (χ1v) is 9.41. The summed E-state index contributed by atoms with van der Waals surface area (Å²) in [5, 5.41) is 9.43. The van der Waals surface area contributed by atoms with Crippen LogP contribution >= 0.6 is 11.8 Å². The highest BCUT2D eigenvalue weighted by Crippen LogP contribution is 2.35. The van der Waals surface area contributed by atoms with Crippen LogP contribution in [0.25, 0.3) is 6.08 Å². The molecule has 1 saturated carbocycles. The van der Waals surface area contributed by atoms with E-state index in [9.17, 15) is 14.7 Å². The van der Waals surface area contributed by atoms with Crippen LogP contribution in [0.4, 0.5) is 4.79 Å². The molecule has 0 bridgehead atoms. The summed E-state index contributed by atoms with van der Waals surface area (Å²) in [6, 6.07) is 5.17. The number of hydrogen-bond donors (Lipinski definition) is 1. The van der Waals surface area contributed by atoms with Crippen molar-refractivity contribution in [2.75, 3.05) is 6.54 Å². The van der Waals surface area contributed by atoms with Gasteiger partial charge in [0.25, 0.3) is 11.1 Å². The second kappa shape index (κ2) is 7.43. The van der Waals surface area contributed by atoms with Crippen molar-refractivity contribution < 1.29 is 14.7 Å². The average molecular weight is 345 g/mol. The van der Waals surface area contributed by atoms with Crippen molar-refractivity contribution in [2.24, 2.45) is 5.92 Å². The lowest BCUT2D eigenvalue weighted by atomic mass is 10.00. The molecule has 1 heterocycles. The molecule has 3 rings (SSSR count). The molecule has 0 unspecified atom stereocenters. The predicted molar refractivity (Wildman–Crippen MR) is 96.7 cm³/mol. The summed E-state index contributed by atoms with van der Waals surface area (Å²) in [7, 11) is 0. The van der Waals surface area contributed by atoms with Crippen LogP contribution in [0.1, 0.15) is 49.7 Å². The van der Waals surface area contributed by atoms with Crippen molar-refractivity contribution in [1.82, 2.24) is 4.90 Å². The number of aryl methyl sites for hydroxylation is 1. The zero-order valence-electron chi connectivity index (χ0n) is 14.0. The number of thioether (sulfide) groups is 1. The van der Waals surface area contributed by atoms with Crippen LogP contribution < -0.4 is 0 Å². The number of benzene rings is 1. The van der Waals surface area contributed by atoms with E-state index < -0.39 is 0 Å². The number of carbonyl (C=O) groups excluding carboxylic acids is 2. The summed E-state index contributed by atoms with van der Waals surface area (Å²) >= 11 is 1.02. The number of carbonyl (C=O) groups is 2. The monoisotopic (exact) mass is 345 g/mol. The molecular weight excluding hydrogens is 322 g/mol. The molecular formula is C19H23NO3S. The third kappa shape index (κ3) is 3.83. The predicted octanol–water partition coefficient (Wildman–Crippen LogP) is 4.71. The zero-order chi connectivity index (χ0) is 17.1. The SMILES string of the molecule is Cc1cc(/C=C2\SC(=O)N(CC3CCCCCC3)C2=O)ccc1O. The van der Waals surface area contributed by atoms with E-state index in [1.807, 2.05) is 13.0 Å². The Balaban J connectivity index is 1.73. The number of hydrogen-bond acceptors (Lipinski definition) is 4. The van der Waals surface area contributed by atoms with Crippen LogP contribution in [0, 0.1) is 12.8 Å². The van der Waals surface area contributed by atoms with Gasteiger partial charge in [-0.3, -0.25) is 14.5 Å². The lowest BCUT2D eigenvalue weighted by molar-refractivity contribution is -0.123. The molecule has 1 saturated heterocycles. The standard InChI is InChI=1S/C19H23NO3S/c1-13-10-15(8-9-16(13)21)11-17-18(22)20(19(23)24-17)12-14-6-4-2-3-5-7-14/h8-11,14,21H,2-7,12H2,1H3/b17-11-. The van der Waals surface area contributed by atoms with Crippen molar-refractivity contribution in [2.45, 2.75) is 45.4 Å². The second-order valence-corrected chi connectivity index (χ2v) is 7.69. The first-order chi connectivity index (χ1) is 11.5. The molecule has 4 nitrogen and oxygen atoms in total. The van der Waals surface area contributed by atoms with Crippen molar-refractivity contribution in [3.63, 3.8) is 0 Å². The summed E-state index contributed by atoms with van der Waals surface area (Å²) in [5.41, 5.74) is 1.58. The Morgan fingerprint density at radius 1 is 1.21 bits per heavy atom. The van der Waals surface area contributed by atoms with Crippen molar-refractivity contribution in [3.8, 4) is 5.75 Å². The molecule has 2 amide bonds. The van der Waals surface area contributed by atoms with Gasteiger partial charge in [-0.25, -0.2) is 0 Å². The van der Waals surface area contributed by atoms with Gasteiger partial charge in [-0.2, -0.15) is 0 Å². The topological polar surface area (TPSA) is 57.6 Å². The molecule has 128 valence electrons. The Labute approximate surface area is 146 Å². The maximum absolute atomic E-state index is 12.6. The van der Waals surface area contributed by atoms with Crippen LogP contribution in [-0.2, 0) is 4.79 Å². The highest BCUT2D eigenvalue weighted by atomic mass is 32.2. The molecule has 2 aliphatic rings. The summed E-state index contributed by atoms with van der Waals surface area (Å²) in [4.78, 5) is 26.7. The molecule has 1 aromatic rings. The summed E-state index contributed by atoms with van der Waals surface area (Å²) in [6.45, 7) is 2.36. The Bertz CT molecular complexity index is 675. The smallest absolute Gasteiger partial charge is 0.293 e. The van der Waals surface area contributed by atoms with Crippen molar-refractivity contribution in [3.05, 3.63) is 34.2 Å². The normalized spacial score (nSPS) is 21.5. The number of phenolic OH excluding ortho intramolecular Hbond substituents is 1. The van der Waals surface area contributed by atoms with Crippen molar-refractivity contribution in [1.29, 1.82) is 0 Å². The van der Waals surface area contributed by atoms with E-state index in [2.05, 4.69) is 0 Å². The van der Waals surface area contributed by atoms with Gasteiger partial charge in [-0.1, -0.05) is 31.7 Å². The zero-order valence-corrected chi connectivity index (χ0v) is 14.8. The number of phenols is 1. The number of amides is 2. The fourth-order valence-corrected chi connectivity index (χ4v) is 4.23. The van der Waals surface area contributed by atoms with Crippen molar-refractivity contribution >= 4 is 29.0 Å². The first-order valence-electron chi connectivity index (χ1n) is 8.59. The minimum Gasteiger partial charge on any atom is -0.508 e. The maximum atomic E-state index is 12.6. The Morgan fingerprint density at radius 3 is 2.58 bits per heavy atom. The van der Waals surface area contributed by atoms with E-state index in [0.717, 1.165) is 35.7 Å². The van der Waals surface area contributed by atoms with E-state index in [0.29, 0.717) is 17.4 Å². The fourth-order valence-electron chi connectivity index (χ4n) is 3.38. The van der Waals surface area contributed by atoms with E-state index in [1.54, 1.807) is 18.2 Å². The Kier molecular flexibility index (Phi) is 5.29. The molecule has 2 fully saturated rings. The minimum atomic E-state index is -0.181. The number of rotatable bonds is 3. The molecule has 24 heavy (non-hydrogen) atoms. The van der Waals surface area contributed by atoms with E-state index in [1.165, 1.54) is 30.6 Å². The summed E-state index contributed by atoms with van der Waals surface area (Å²) in [6.07, 6.45) is 8.88. The van der Waals surface area contributed by atoms with Crippen LogP contribution in [-0.4, -0.2) is 27.7 Å². The Hall–Kier alpha value is -1.75. The largest absolute Gasteiger partial charge is 0.508 e. The summed E-state index contributed by atoms with van der Waals surface area (Å²) < 4.78 is 0. The quantitative estimate of drug-likeness (QED) is 0.637. The lowest BCUT2D eigenvalue weighted by Crippen LogP contribution is -2.33. The van der Waals surface area contributed by atoms with Gasteiger partial charge in [0, 0.05) is 6.54 Å². The molecule has 1 aromatic carbocycles. The minimum absolute atomic E-state index is 0.161. The third-order valence-corrected chi connectivity index (χ3v) is 5.72. The van der Waals surface area contributed by atoms with Crippen LogP contribution in [0.15, 0.2) is 23.1 Å². The van der Waals surface area contributed by atoms with E-state index in [4.69, 9.17) is 0 Å². The van der Waals surface area contributed by atoms with Gasteiger partial charge >= 0.3 is 0 Å². The molecule has 0 radical (unpaired) electrons. The number of aromatic hydroxyl groups is 1. The molecule has 0 atom stereocenters. The lowest BCUT2D eigenvalue weighted by Gasteiger charge is -2.20. The molecule has 5 heteroatoms. The van der Waals surface area contributed by atoms with Crippen LogP contribution in [0.5, 0.6) is 5.75 Å². The molecule has 0 aromatic heterocycles. The van der Waals surface area contributed by atoms with Gasteiger partial charge in [0.2, 0.25) is 0 Å². The number of nitrogens with zero attached hydrogens (tertiary/aromatic N) is 1. The van der Waals surface area contributed by atoms with E-state index in [-0.39, 0.29) is 16.9 Å². The molecule has 1 aliphatic carbocycles. The first kappa shape index (κ1) is 17.1. The van der Waals surface area contributed by atoms with E-state index >= 15 is 0 Å². The highest BCUT2D eigenvalue weighted by Gasteiger charge is 2.36. The number of imide groups is 1.